The number of carbonyl (C=O) groups is 3. The lowest BCUT2D eigenvalue weighted by Gasteiger charge is -2.25. The van der Waals surface area contributed by atoms with Crippen LogP contribution in [0.3, 0.4) is 0 Å². The molecule has 1 aromatic rings. The third kappa shape index (κ3) is 6.59. The van der Waals surface area contributed by atoms with Crippen molar-refractivity contribution in [2.24, 2.45) is 5.92 Å². The van der Waals surface area contributed by atoms with E-state index in [4.69, 9.17) is 16.7 Å². The van der Waals surface area contributed by atoms with Gasteiger partial charge in [-0.05, 0) is 30.2 Å². The van der Waals surface area contributed by atoms with E-state index < -0.39 is 42.7 Å². The Kier molecular flexibility index (Phi) is 8.44. The molecule has 0 fully saturated rings. The maximum absolute atomic E-state index is 12.5. The van der Waals surface area contributed by atoms with E-state index in [1.54, 1.807) is 13.8 Å². The van der Waals surface area contributed by atoms with Crippen LogP contribution < -0.4 is 10.6 Å². The zero-order valence-corrected chi connectivity index (χ0v) is 15.1. The van der Waals surface area contributed by atoms with Crippen LogP contribution in [0.5, 0.6) is 0 Å². The Morgan fingerprint density at radius 3 is 2.19 bits per heavy atom. The zero-order valence-electron chi connectivity index (χ0n) is 14.3. The number of halogens is 3. The van der Waals surface area contributed by atoms with Crippen molar-refractivity contribution in [1.29, 1.82) is 0 Å². The van der Waals surface area contributed by atoms with E-state index in [1.807, 2.05) is 0 Å². The van der Waals surface area contributed by atoms with Crippen molar-refractivity contribution in [2.75, 3.05) is 0 Å². The van der Waals surface area contributed by atoms with Gasteiger partial charge in [-0.2, -0.15) is 0 Å². The number of benzene rings is 1. The van der Waals surface area contributed by atoms with Crippen molar-refractivity contribution in [3.8, 4) is 0 Å². The molecule has 0 aliphatic heterocycles. The van der Waals surface area contributed by atoms with Gasteiger partial charge in [0, 0.05) is 17.0 Å². The second-order valence-corrected chi connectivity index (χ2v) is 6.31. The first-order chi connectivity index (χ1) is 12.1. The van der Waals surface area contributed by atoms with Crippen LogP contribution in [-0.2, 0) is 9.59 Å². The maximum Gasteiger partial charge on any atom is 0.326 e. The quantitative estimate of drug-likeness (QED) is 0.604. The van der Waals surface area contributed by atoms with E-state index in [0.717, 1.165) is 0 Å². The number of hydrogen-bond donors (Lipinski definition) is 3. The molecule has 2 amide bonds. The molecule has 144 valence electrons. The average Bonchev–Trinajstić information content (AvgIpc) is 2.58. The third-order valence-corrected chi connectivity index (χ3v) is 4.17. The van der Waals surface area contributed by atoms with Crippen LogP contribution in [0.25, 0.3) is 0 Å². The molecule has 3 N–H and O–H groups in total. The lowest BCUT2D eigenvalue weighted by molar-refractivity contribution is -0.143. The maximum atomic E-state index is 12.5. The number of amides is 2. The van der Waals surface area contributed by atoms with Crippen molar-refractivity contribution in [3.05, 3.63) is 34.9 Å². The highest BCUT2D eigenvalue weighted by Gasteiger charge is 2.31. The lowest BCUT2D eigenvalue weighted by Crippen LogP contribution is -2.54. The molecular weight excluding hydrogens is 370 g/mol. The van der Waals surface area contributed by atoms with Crippen molar-refractivity contribution >= 4 is 29.4 Å². The second kappa shape index (κ2) is 10.1. The molecule has 1 rings (SSSR count). The lowest BCUT2D eigenvalue weighted by atomic mass is 9.97. The van der Waals surface area contributed by atoms with Crippen LogP contribution in [0.4, 0.5) is 8.78 Å². The number of carboxylic acid groups (broad SMARTS) is 1. The Morgan fingerprint density at radius 2 is 1.73 bits per heavy atom. The summed E-state index contributed by atoms with van der Waals surface area (Å²) in [6, 6.07) is 3.17. The van der Waals surface area contributed by atoms with Crippen LogP contribution >= 0.6 is 11.6 Å². The van der Waals surface area contributed by atoms with Gasteiger partial charge in [0.15, 0.2) is 0 Å². The van der Waals surface area contributed by atoms with Crippen LogP contribution in [0.2, 0.25) is 5.02 Å². The first kappa shape index (κ1) is 21.8. The summed E-state index contributed by atoms with van der Waals surface area (Å²) in [6.45, 7) is 3.47. The van der Waals surface area contributed by atoms with E-state index in [9.17, 15) is 23.2 Å². The molecule has 0 bridgehead atoms. The molecule has 0 radical (unpaired) electrons. The van der Waals surface area contributed by atoms with Gasteiger partial charge in [-0.25, -0.2) is 13.6 Å². The summed E-state index contributed by atoms with van der Waals surface area (Å²) >= 11 is 5.76. The predicted molar refractivity (Wildman–Crippen MR) is 92.3 cm³/mol. The summed E-state index contributed by atoms with van der Waals surface area (Å²) in [6.07, 6.45) is -3.40. The summed E-state index contributed by atoms with van der Waals surface area (Å²) in [7, 11) is 0. The summed E-state index contributed by atoms with van der Waals surface area (Å²) in [5, 5.41) is 14.0. The minimum atomic E-state index is -2.89. The molecule has 0 aliphatic carbocycles. The summed E-state index contributed by atoms with van der Waals surface area (Å²) in [4.78, 5) is 35.8. The fourth-order valence-corrected chi connectivity index (χ4v) is 2.31. The molecule has 0 spiro atoms. The Labute approximate surface area is 154 Å². The molecule has 26 heavy (non-hydrogen) atoms. The van der Waals surface area contributed by atoms with Gasteiger partial charge < -0.3 is 15.7 Å². The Hall–Kier alpha value is -2.22. The summed E-state index contributed by atoms with van der Waals surface area (Å²) in [5.41, 5.74) is 0.262. The molecule has 3 unspecified atom stereocenters. The minimum absolute atomic E-state index is 0.262. The molecule has 1 aromatic carbocycles. The largest absolute Gasteiger partial charge is 0.480 e. The van der Waals surface area contributed by atoms with Crippen LogP contribution in [0.1, 0.15) is 37.0 Å². The number of rotatable bonds is 9. The molecule has 9 heteroatoms. The van der Waals surface area contributed by atoms with E-state index in [2.05, 4.69) is 10.6 Å². The fraction of sp³-hybridized carbons (Fsp3) is 0.471. The third-order valence-electron chi connectivity index (χ3n) is 3.92. The van der Waals surface area contributed by atoms with Crippen molar-refractivity contribution < 1.29 is 28.3 Å². The van der Waals surface area contributed by atoms with Gasteiger partial charge in [-0.15, -0.1) is 0 Å². The molecule has 0 saturated heterocycles. The molecule has 6 nitrogen and oxygen atoms in total. The Morgan fingerprint density at radius 1 is 1.15 bits per heavy atom. The predicted octanol–water partition coefficient (Wildman–Crippen LogP) is 2.71. The van der Waals surface area contributed by atoms with Crippen LogP contribution in [0, 0.1) is 5.92 Å². The number of aliphatic carboxylic acids is 1. The molecule has 0 aromatic heterocycles. The van der Waals surface area contributed by atoms with Crippen LogP contribution in [0.15, 0.2) is 24.3 Å². The van der Waals surface area contributed by atoms with Crippen molar-refractivity contribution in [2.45, 2.75) is 45.2 Å². The first-order valence-corrected chi connectivity index (χ1v) is 8.41. The van der Waals surface area contributed by atoms with Crippen molar-refractivity contribution in [1.82, 2.24) is 10.6 Å². The number of carbonyl (C=O) groups excluding carboxylic acids is 2. The average molecular weight is 391 g/mol. The van der Waals surface area contributed by atoms with Gasteiger partial charge in [0.05, 0.1) is 0 Å². The van der Waals surface area contributed by atoms with Crippen LogP contribution in [-0.4, -0.2) is 41.4 Å². The van der Waals surface area contributed by atoms with E-state index >= 15 is 0 Å². The summed E-state index contributed by atoms with van der Waals surface area (Å²) in [5.74, 6) is -3.28. The smallest absolute Gasteiger partial charge is 0.326 e. The standard InChI is InChI=1S/C17H21ClF2N2O4/c1-3-9(2)14(16(24)21-12(17(25)26)8-13(19)20)22-15(23)10-4-6-11(18)7-5-10/h4-7,9,12-14H,3,8H2,1-2H3,(H,21,24)(H,22,23)(H,25,26). The molecule has 0 saturated carbocycles. The van der Waals surface area contributed by atoms with E-state index in [-0.39, 0.29) is 11.5 Å². The van der Waals surface area contributed by atoms with Gasteiger partial charge in [0.2, 0.25) is 12.3 Å². The molecule has 0 aliphatic rings. The van der Waals surface area contributed by atoms with Gasteiger partial charge in [0.1, 0.15) is 12.1 Å². The number of alkyl halides is 2. The second-order valence-electron chi connectivity index (χ2n) is 5.87. The van der Waals surface area contributed by atoms with Gasteiger partial charge in [0.25, 0.3) is 5.91 Å². The number of hydrogen-bond acceptors (Lipinski definition) is 3. The van der Waals surface area contributed by atoms with Gasteiger partial charge in [-0.1, -0.05) is 31.9 Å². The normalized spacial score (nSPS) is 14.4. The number of carboxylic acids is 1. The highest BCUT2D eigenvalue weighted by Crippen LogP contribution is 2.13. The molecule has 0 heterocycles. The molecule has 3 atom stereocenters. The Balaban J connectivity index is 2.91. The van der Waals surface area contributed by atoms with Crippen molar-refractivity contribution in [3.63, 3.8) is 0 Å². The first-order valence-electron chi connectivity index (χ1n) is 8.03. The molecular formula is C17H21ClF2N2O4. The SMILES string of the molecule is CCC(C)C(NC(=O)c1ccc(Cl)cc1)C(=O)NC(CC(F)F)C(=O)O. The van der Waals surface area contributed by atoms with E-state index in [1.165, 1.54) is 24.3 Å². The van der Waals surface area contributed by atoms with E-state index in [0.29, 0.717) is 11.4 Å². The highest BCUT2D eigenvalue weighted by atomic mass is 35.5. The monoisotopic (exact) mass is 390 g/mol. The number of nitrogens with one attached hydrogen (secondary N) is 2. The Bertz CT molecular complexity index is 640. The fourth-order valence-electron chi connectivity index (χ4n) is 2.19. The zero-order chi connectivity index (χ0) is 19.9. The summed E-state index contributed by atoms with van der Waals surface area (Å²) < 4.78 is 25.0. The topological polar surface area (TPSA) is 95.5 Å². The minimum Gasteiger partial charge on any atom is -0.480 e. The van der Waals surface area contributed by atoms with Gasteiger partial charge in [-0.3, -0.25) is 9.59 Å². The van der Waals surface area contributed by atoms with Gasteiger partial charge >= 0.3 is 5.97 Å². The highest BCUT2D eigenvalue weighted by molar-refractivity contribution is 6.30.